The van der Waals surface area contributed by atoms with E-state index in [2.05, 4.69) is 40.8 Å². The van der Waals surface area contributed by atoms with Crippen molar-refractivity contribution in [2.75, 3.05) is 10.6 Å². The van der Waals surface area contributed by atoms with Crippen molar-refractivity contribution in [2.45, 2.75) is 44.3 Å². The summed E-state index contributed by atoms with van der Waals surface area (Å²) < 4.78 is 0. The van der Waals surface area contributed by atoms with Gasteiger partial charge in [0.25, 0.3) is 0 Å². The summed E-state index contributed by atoms with van der Waals surface area (Å²) >= 11 is 6.05. The van der Waals surface area contributed by atoms with Gasteiger partial charge in [-0.2, -0.15) is 10.1 Å². The summed E-state index contributed by atoms with van der Waals surface area (Å²) in [7, 11) is 0. The number of anilines is 2. The molecule has 164 valence electrons. The summed E-state index contributed by atoms with van der Waals surface area (Å²) in [6.07, 6.45) is 7.59. The molecular weight excluding hydrogens is 426 g/mol. The normalized spacial score (nSPS) is 18.6. The molecule has 3 heterocycles. The van der Waals surface area contributed by atoms with Crippen LogP contribution in [0, 0.1) is 0 Å². The molecule has 4 aromatic rings. The fourth-order valence-corrected chi connectivity index (χ4v) is 4.14. The van der Waals surface area contributed by atoms with Gasteiger partial charge in [0.05, 0.1) is 11.1 Å². The molecule has 9 nitrogen and oxygen atoms in total. The molecule has 10 heteroatoms. The van der Waals surface area contributed by atoms with Crippen LogP contribution in [0.1, 0.15) is 31.2 Å². The van der Waals surface area contributed by atoms with Crippen molar-refractivity contribution in [3.05, 3.63) is 53.3 Å². The number of aromatic nitrogens is 6. The van der Waals surface area contributed by atoms with E-state index in [1.807, 2.05) is 30.3 Å². The molecule has 0 aliphatic heterocycles. The number of hydrogen-bond acceptors (Lipinski definition) is 8. The molecule has 0 spiro atoms. The van der Waals surface area contributed by atoms with Gasteiger partial charge in [-0.3, -0.25) is 5.10 Å². The summed E-state index contributed by atoms with van der Waals surface area (Å²) in [5, 5.41) is 15.6. The predicted molar refractivity (Wildman–Crippen MR) is 125 cm³/mol. The first kappa shape index (κ1) is 20.6. The monoisotopic (exact) mass is 449 g/mol. The Bertz CT molecular complexity index is 1220. The average Bonchev–Trinajstić information content (AvgIpc) is 3.23. The zero-order valence-electron chi connectivity index (χ0n) is 17.4. The highest BCUT2D eigenvalue weighted by atomic mass is 35.5. The van der Waals surface area contributed by atoms with E-state index in [1.54, 1.807) is 12.4 Å². The summed E-state index contributed by atoms with van der Waals surface area (Å²) in [5.74, 6) is 1.10. The van der Waals surface area contributed by atoms with Gasteiger partial charge >= 0.3 is 0 Å². The highest BCUT2D eigenvalue weighted by Crippen LogP contribution is 2.25. The third-order valence-corrected chi connectivity index (χ3v) is 5.90. The van der Waals surface area contributed by atoms with Gasteiger partial charge in [-0.25, -0.2) is 15.0 Å². The van der Waals surface area contributed by atoms with Gasteiger partial charge in [0.2, 0.25) is 11.9 Å². The van der Waals surface area contributed by atoms with Crippen molar-refractivity contribution in [3.8, 4) is 11.4 Å². The van der Waals surface area contributed by atoms with Crippen LogP contribution in [0.5, 0.6) is 0 Å². The maximum atomic E-state index is 6.05. The first-order valence-electron chi connectivity index (χ1n) is 10.7. The second kappa shape index (κ2) is 9.05. The Morgan fingerprint density at radius 2 is 1.94 bits per heavy atom. The van der Waals surface area contributed by atoms with Crippen molar-refractivity contribution in [1.29, 1.82) is 0 Å². The fourth-order valence-electron chi connectivity index (χ4n) is 3.92. The number of benzene rings is 1. The minimum atomic E-state index is 0.310. The van der Waals surface area contributed by atoms with E-state index >= 15 is 0 Å². The molecule has 1 aromatic carbocycles. The van der Waals surface area contributed by atoms with Gasteiger partial charge in [0, 0.05) is 36.0 Å². The minimum Gasteiger partial charge on any atom is -0.351 e. The van der Waals surface area contributed by atoms with Crippen molar-refractivity contribution < 1.29 is 0 Å². The lowest BCUT2D eigenvalue weighted by atomic mass is 9.92. The van der Waals surface area contributed by atoms with Crippen LogP contribution in [0.2, 0.25) is 5.02 Å². The number of halogens is 1. The van der Waals surface area contributed by atoms with Crippen molar-refractivity contribution in [2.24, 2.45) is 5.73 Å². The van der Waals surface area contributed by atoms with E-state index in [9.17, 15) is 0 Å². The topological polar surface area (TPSA) is 130 Å². The van der Waals surface area contributed by atoms with Crippen LogP contribution in [0.4, 0.5) is 11.9 Å². The highest BCUT2D eigenvalue weighted by molar-refractivity contribution is 6.30. The molecule has 3 aromatic heterocycles. The summed E-state index contributed by atoms with van der Waals surface area (Å²) in [5.41, 5.74) is 9.07. The van der Waals surface area contributed by atoms with Crippen LogP contribution >= 0.6 is 11.6 Å². The number of aromatic amines is 1. The summed E-state index contributed by atoms with van der Waals surface area (Å²) in [4.78, 5) is 18.0. The van der Waals surface area contributed by atoms with E-state index in [4.69, 9.17) is 17.3 Å². The van der Waals surface area contributed by atoms with Gasteiger partial charge in [0.15, 0.2) is 5.65 Å². The number of nitrogens with zero attached hydrogens (tertiary/aromatic N) is 5. The molecule has 0 bridgehead atoms. The molecule has 5 N–H and O–H groups in total. The standard InChI is InChI=1S/C22H24ClN9/c23-14-3-1-2-13(10-14)11-26-21-25-9-8-18(29-21)19-17-12-27-22(30-20(17)32-31-19)28-16-6-4-15(24)5-7-16/h1-3,8-10,12,15-16H,4-7,11,24H2,(H,25,26,29)(H2,27,28,30,31,32)/t15-,16+. The first-order valence-corrected chi connectivity index (χ1v) is 11.1. The van der Waals surface area contributed by atoms with E-state index in [1.165, 1.54) is 0 Å². The molecular formula is C22H24ClN9. The Morgan fingerprint density at radius 1 is 1.06 bits per heavy atom. The van der Waals surface area contributed by atoms with Crippen LogP contribution in [0.15, 0.2) is 42.7 Å². The molecule has 0 amide bonds. The number of fused-ring (bicyclic) bond motifs is 1. The Morgan fingerprint density at radius 3 is 2.78 bits per heavy atom. The molecule has 0 atom stereocenters. The lowest BCUT2D eigenvalue weighted by molar-refractivity contribution is 0.410. The van der Waals surface area contributed by atoms with E-state index < -0.39 is 0 Å². The van der Waals surface area contributed by atoms with Crippen LogP contribution in [0.25, 0.3) is 22.4 Å². The number of nitrogens with two attached hydrogens (primary N) is 1. The number of nitrogens with one attached hydrogen (secondary N) is 3. The quantitative estimate of drug-likeness (QED) is 0.350. The van der Waals surface area contributed by atoms with Gasteiger partial charge in [-0.05, 0) is 49.4 Å². The summed E-state index contributed by atoms with van der Waals surface area (Å²) in [6.45, 7) is 0.565. The second-order valence-electron chi connectivity index (χ2n) is 8.03. The van der Waals surface area contributed by atoms with Gasteiger partial charge in [-0.15, -0.1) is 0 Å². The van der Waals surface area contributed by atoms with Gasteiger partial charge in [-0.1, -0.05) is 23.7 Å². The molecule has 32 heavy (non-hydrogen) atoms. The van der Waals surface area contributed by atoms with Gasteiger partial charge < -0.3 is 16.4 Å². The minimum absolute atomic E-state index is 0.310. The van der Waals surface area contributed by atoms with Crippen LogP contribution < -0.4 is 16.4 Å². The van der Waals surface area contributed by atoms with Gasteiger partial charge in [0.1, 0.15) is 5.69 Å². The first-order chi connectivity index (χ1) is 15.6. The van der Waals surface area contributed by atoms with Crippen LogP contribution in [-0.2, 0) is 6.54 Å². The summed E-state index contributed by atoms with van der Waals surface area (Å²) in [6, 6.07) is 10.1. The zero-order chi connectivity index (χ0) is 21.9. The lowest BCUT2D eigenvalue weighted by Crippen LogP contribution is -2.33. The predicted octanol–water partition coefficient (Wildman–Crippen LogP) is 3.76. The highest BCUT2D eigenvalue weighted by Gasteiger charge is 2.20. The van der Waals surface area contributed by atoms with Crippen molar-refractivity contribution in [1.82, 2.24) is 30.1 Å². The number of hydrogen-bond donors (Lipinski definition) is 4. The fraction of sp³-hybridized carbons (Fsp3) is 0.318. The Kier molecular flexibility index (Phi) is 5.83. The number of rotatable bonds is 6. The van der Waals surface area contributed by atoms with E-state index in [0.29, 0.717) is 52.6 Å². The van der Waals surface area contributed by atoms with Crippen molar-refractivity contribution >= 4 is 34.5 Å². The van der Waals surface area contributed by atoms with E-state index in [0.717, 1.165) is 36.6 Å². The van der Waals surface area contributed by atoms with Crippen LogP contribution in [-0.4, -0.2) is 42.2 Å². The SMILES string of the molecule is N[C@H]1CC[C@@H](Nc2ncc3c(-c4ccnc(NCc5cccc(Cl)c5)n4)n[nH]c3n2)CC1. The molecule has 1 saturated carbocycles. The molecule has 0 saturated heterocycles. The number of H-pyrrole nitrogens is 1. The smallest absolute Gasteiger partial charge is 0.224 e. The Balaban J connectivity index is 1.31. The third-order valence-electron chi connectivity index (χ3n) is 5.66. The Labute approximate surface area is 190 Å². The van der Waals surface area contributed by atoms with E-state index in [-0.39, 0.29) is 0 Å². The molecule has 5 rings (SSSR count). The largest absolute Gasteiger partial charge is 0.351 e. The molecule has 1 fully saturated rings. The molecule has 1 aliphatic carbocycles. The molecule has 0 unspecified atom stereocenters. The maximum absolute atomic E-state index is 6.05. The zero-order valence-corrected chi connectivity index (χ0v) is 18.2. The van der Waals surface area contributed by atoms with Crippen molar-refractivity contribution in [3.63, 3.8) is 0 Å². The lowest BCUT2D eigenvalue weighted by Gasteiger charge is -2.26. The third kappa shape index (κ3) is 4.63. The average molecular weight is 450 g/mol. The molecule has 0 radical (unpaired) electrons. The van der Waals surface area contributed by atoms with Crippen LogP contribution in [0.3, 0.4) is 0 Å². The second-order valence-corrected chi connectivity index (χ2v) is 8.47. The Hall–Kier alpha value is -3.30. The molecule has 1 aliphatic rings. The maximum Gasteiger partial charge on any atom is 0.224 e.